The smallest absolute Gasteiger partial charge is 0.475 e. The molecular weight excluding hydrogens is 478 g/mol. The first-order chi connectivity index (χ1) is 16.8. The summed E-state index contributed by atoms with van der Waals surface area (Å²) in [4.78, 5) is 26.9. The molecule has 6 nitrogen and oxygen atoms in total. The Labute approximate surface area is 205 Å². The maximum Gasteiger partial charge on any atom is 0.490 e. The average Bonchev–Trinajstić information content (AvgIpc) is 3.36. The number of carboxylic acids is 1. The minimum Gasteiger partial charge on any atom is -0.475 e. The molecule has 0 saturated heterocycles. The van der Waals surface area contributed by atoms with Crippen molar-refractivity contribution in [3.8, 4) is 11.3 Å². The van der Waals surface area contributed by atoms with E-state index in [1.165, 1.54) is 18.6 Å². The lowest BCUT2D eigenvalue weighted by Crippen LogP contribution is -2.47. The molecule has 0 spiro atoms. The molecule has 0 aliphatic heterocycles. The highest BCUT2D eigenvalue weighted by Gasteiger charge is 2.61. The van der Waals surface area contributed by atoms with Gasteiger partial charge in [-0.15, -0.1) is 0 Å². The normalized spacial score (nSPS) is 24.3. The van der Waals surface area contributed by atoms with Gasteiger partial charge in [0, 0.05) is 17.8 Å². The molecule has 1 aromatic carbocycles. The first-order valence-electron chi connectivity index (χ1n) is 11.6. The first kappa shape index (κ1) is 25.7. The summed E-state index contributed by atoms with van der Waals surface area (Å²) in [6, 6.07) is 12.1. The van der Waals surface area contributed by atoms with E-state index in [1.807, 2.05) is 28.8 Å². The van der Waals surface area contributed by atoms with Gasteiger partial charge in [0.05, 0.1) is 11.2 Å². The van der Waals surface area contributed by atoms with E-state index in [9.17, 15) is 22.4 Å². The Morgan fingerprint density at radius 3 is 2.28 bits per heavy atom. The van der Waals surface area contributed by atoms with Gasteiger partial charge in [-0.1, -0.05) is 26.8 Å². The number of nitrogens with zero attached hydrogens (tertiary/aromatic N) is 2. The number of aliphatic carboxylic acids is 1. The van der Waals surface area contributed by atoms with E-state index in [4.69, 9.17) is 9.90 Å². The Morgan fingerprint density at radius 1 is 1.11 bits per heavy atom. The van der Waals surface area contributed by atoms with Crippen LogP contribution in [-0.4, -0.2) is 38.6 Å². The zero-order chi connectivity index (χ0) is 26.5. The minimum absolute atomic E-state index is 0.111. The van der Waals surface area contributed by atoms with Crippen molar-refractivity contribution in [3.05, 3.63) is 60.3 Å². The first-order valence-corrected chi connectivity index (χ1v) is 11.6. The van der Waals surface area contributed by atoms with E-state index < -0.39 is 12.1 Å². The van der Waals surface area contributed by atoms with Crippen molar-refractivity contribution in [2.45, 2.75) is 52.3 Å². The van der Waals surface area contributed by atoms with Crippen molar-refractivity contribution in [3.63, 3.8) is 0 Å². The number of pyridine rings is 1. The molecule has 1 amide bonds. The van der Waals surface area contributed by atoms with Crippen LogP contribution >= 0.6 is 0 Å². The van der Waals surface area contributed by atoms with Crippen LogP contribution in [-0.2, 0) is 4.79 Å². The fourth-order valence-electron chi connectivity index (χ4n) is 5.66. The number of hydrogen-bond donors (Lipinski definition) is 2. The summed E-state index contributed by atoms with van der Waals surface area (Å²) in [5.74, 6) is -2.15. The molecule has 2 aliphatic rings. The van der Waals surface area contributed by atoms with Crippen molar-refractivity contribution in [1.29, 1.82) is 0 Å². The molecule has 2 bridgehead atoms. The van der Waals surface area contributed by atoms with Crippen LogP contribution in [0.3, 0.4) is 0 Å². The number of imidazole rings is 1. The van der Waals surface area contributed by atoms with E-state index in [1.54, 1.807) is 12.1 Å². The third kappa shape index (κ3) is 4.33. The minimum atomic E-state index is -5.08. The standard InChI is InChI=1S/C24H26FN3O.C2HF3O2/c1-23(2)16-11-12-24(23,3)19(14-16)26-22(29)21-27-20(15-7-9-17(25)10-8-15)18-6-4-5-13-28(18)21;3-2(4,5)1(6)7/h4-10,13,16,19H,11-12,14H2,1-3H3,(H,26,29);(H,6,7)/t16?,19-,24-;/m0./s1. The molecule has 2 fully saturated rings. The van der Waals surface area contributed by atoms with Crippen LogP contribution in [0.5, 0.6) is 0 Å². The van der Waals surface area contributed by atoms with Gasteiger partial charge in [-0.05, 0) is 72.4 Å². The molecule has 192 valence electrons. The molecule has 2 N–H and O–H groups in total. The number of fused-ring (bicyclic) bond motifs is 3. The number of rotatable bonds is 3. The van der Waals surface area contributed by atoms with E-state index in [-0.39, 0.29) is 28.6 Å². The Kier molecular flexibility index (Phi) is 6.34. The zero-order valence-corrected chi connectivity index (χ0v) is 20.1. The lowest BCUT2D eigenvalue weighted by Gasteiger charge is -2.39. The molecule has 3 atom stereocenters. The third-order valence-electron chi connectivity index (χ3n) is 8.21. The van der Waals surface area contributed by atoms with Crippen LogP contribution in [0.15, 0.2) is 48.7 Å². The average molecular weight is 506 g/mol. The van der Waals surface area contributed by atoms with Crippen molar-refractivity contribution in [1.82, 2.24) is 14.7 Å². The largest absolute Gasteiger partial charge is 0.490 e. The third-order valence-corrected chi connectivity index (χ3v) is 8.21. The number of carboxylic acid groups (broad SMARTS) is 1. The number of aromatic nitrogens is 2. The molecule has 2 heterocycles. The molecule has 10 heteroatoms. The number of nitrogens with one attached hydrogen (secondary N) is 1. The number of carbonyl (C=O) groups excluding carboxylic acids is 1. The predicted octanol–water partition coefficient (Wildman–Crippen LogP) is 5.72. The van der Waals surface area contributed by atoms with Crippen LogP contribution in [0.2, 0.25) is 0 Å². The number of carbonyl (C=O) groups is 2. The van der Waals surface area contributed by atoms with Crippen LogP contribution in [0.1, 0.15) is 50.7 Å². The van der Waals surface area contributed by atoms with Crippen LogP contribution < -0.4 is 5.32 Å². The lowest BCUT2D eigenvalue weighted by atomic mass is 9.69. The lowest BCUT2D eigenvalue weighted by molar-refractivity contribution is -0.192. The maximum atomic E-state index is 13.4. The number of amides is 1. The maximum absolute atomic E-state index is 13.4. The Morgan fingerprint density at radius 2 is 1.75 bits per heavy atom. The Bertz CT molecular complexity index is 1300. The van der Waals surface area contributed by atoms with Gasteiger partial charge >= 0.3 is 12.1 Å². The number of halogens is 4. The fraction of sp³-hybridized carbons (Fsp3) is 0.423. The van der Waals surface area contributed by atoms with E-state index >= 15 is 0 Å². The zero-order valence-electron chi connectivity index (χ0n) is 20.1. The highest BCUT2D eigenvalue weighted by Crippen LogP contribution is 2.65. The quantitative estimate of drug-likeness (QED) is 0.446. The summed E-state index contributed by atoms with van der Waals surface area (Å²) in [6.45, 7) is 7.00. The number of benzene rings is 1. The molecule has 3 aromatic rings. The van der Waals surface area contributed by atoms with E-state index in [0.29, 0.717) is 17.4 Å². The Hall–Kier alpha value is -3.43. The monoisotopic (exact) mass is 505 g/mol. The molecule has 2 aliphatic carbocycles. The fourth-order valence-corrected chi connectivity index (χ4v) is 5.66. The second-order valence-corrected chi connectivity index (χ2v) is 10.2. The van der Waals surface area contributed by atoms with Crippen LogP contribution in [0.25, 0.3) is 16.8 Å². The van der Waals surface area contributed by atoms with Gasteiger partial charge in [0.1, 0.15) is 5.82 Å². The molecule has 1 unspecified atom stereocenters. The van der Waals surface area contributed by atoms with Gasteiger partial charge < -0.3 is 10.4 Å². The Balaban J connectivity index is 0.000000384. The summed E-state index contributed by atoms with van der Waals surface area (Å²) >= 11 is 0. The van der Waals surface area contributed by atoms with Gasteiger partial charge in [-0.3, -0.25) is 9.20 Å². The van der Waals surface area contributed by atoms with Gasteiger partial charge in [0.2, 0.25) is 5.82 Å². The molecule has 36 heavy (non-hydrogen) atoms. The molecule has 2 aromatic heterocycles. The van der Waals surface area contributed by atoms with Crippen LogP contribution in [0, 0.1) is 22.6 Å². The highest BCUT2D eigenvalue weighted by atomic mass is 19.4. The van der Waals surface area contributed by atoms with Gasteiger partial charge in [0.25, 0.3) is 5.91 Å². The van der Waals surface area contributed by atoms with Crippen LogP contribution in [0.4, 0.5) is 17.6 Å². The van der Waals surface area contributed by atoms with Crippen molar-refractivity contribution in [2.24, 2.45) is 16.7 Å². The molecule has 5 rings (SSSR count). The van der Waals surface area contributed by atoms with Gasteiger partial charge in [-0.25, -0.2) is 14.2 Å². The summed E-state index contributed by atoms with van der Waals surface area (Å²) in [5.41, 5.74) is 2.67. The van der Waals surface area contributed by atoms with Crippen molar-refractivity contribution in [2.75, 3.05) is 0 Å². The van der Waals surface area contributed by atoms with E-state index in [0.717, 1.165) is 23.9 Å². The molecular formula is C26H27F4N3O3. The summed E-state index contributed by atoms with van der Waals surface area (Å²) in [7, 11) is 0. The summed E-state index contributed by atoms with van der Waals surface area (Å²) in [5, 5.41) is 10.4. The van der Waals surface area contributed by atoms with Gasteiger partial charge in [0.15, 0.2) is 0 Å². The molecule has 2 saturated carbocycles. The summed E-state index contributed by atoms with van der Waals surface area (Å²) < 4.78 is 46.9. The highest BCUT2D eigenvalue weighted by molar-refractivity contribution is 5.94. The SMILES string of the molecule is CC1(C)C2CC[C@@]1(C)[C@@H](NC(=O)c1nc(-c3ccc(F)cc3)c3ccccn13)C2.O=C(O)C(F)(F)F. The topological polar surface area (TPSA) is 83.7 Å². The van der Waals surface area contributed by atoms with Crippen molar-refractivity contribution >= 4 is 17.4 Å². The van der Waals surface area contributed by atoms with Crippen molar-refractivity contribution < 1.29 is 32.3 Å². The van der Waals surface area contributed by atoms with Gasteiger partial charge in [-0.2, -0.15) is 13.2 Å². The summed E-state index contributed by atoms with van der Waals surface area (Å²) in [6.07, 6.45) is 0.204. The number of hydrogen-bond acceptors (Lipinski definition) is 3. The predicted molar refractivity (Wildman–Crippen MR) is 125 cm³/mol. The van der Waals surface area contributed by atoms with E-state index in [2.05, 4.69) is 31.1 Å². The number of alkyl halides is 3. The molecule has 0 radical (unpaired) electrons. The second-order valence-electron chi connectivity index (χ2n) is 10.2. The second kappa shape index (κ2) is 8.90.